The Morgan fingerprint density at radius 1 is 1.32 bits per heavy atom. The van der Waals surface area contributed by atoms with E-state index in [1.165, 1.54) is 11.1 Å². The quantitative estimate of drug-likeness (QED) is 0.898. The molecule has 4 heteroatoms. The van der Waals surface area contributed by atoms with Crippen molar-refractivity contribution in [2.45, 2.75) is 39.2 Å². The largest absolute Gasteiger partial charge is 0.338 e. The number of benzene rings is 1. The molecule has 1 aromatic carbocycles. The number of nitrogens with two attached hydrogens (primary N) is 1. The summed E-state index contributed by atoms with van der Waals surface area (Å²) in [6.45, 7) is 6.21. The van der Waals surface area contributed by atoms with Gasteiger partial charge in [-0.2, -0.15) is 4.98 Å². The normalized spacial score (nSPS) is 19.7. The molecule has 1 aliphatic carbocycles. The highest BCUT2D eigenvalue weighted by molar-refractivity contribution is 5.43. The molecule has 0 amide bonds. The SMILES string of the molecule is CC(C)(C)[C@@H](N)c1nc(C2Cc3ccccc32)no1. The van der Waals surface area contributed by atoms with Crippen LogP contribution in [0.2, 0.25) is 0 Å². The van der Waals surface area contributed by atoms with Crippen LogP contribution in [0.5, 0.6) is 0 Å². The molecule has 100 valence electrons. The summed E-state index contributed by atoms with van der Waals surface area (Å²) in [4.78, 5) is 4.49. The number of nitrogens with zero attached hydrogens (tertiary/aromatic N) is 2. The van der Waals surface area contributed by atoms with Crippen molar-refractivity contribution < 1.29 is 4.52 Å². The van der Waals surface area contributed by atoms with E-state index < -0.39 is 0 Å². The van der Waals surface area contributed by atoms with Crippen molar-refractivity contribution >= 4 is 0 Å². The number of fused-ring (bicyclic) bond motifs is 1. The van der Waals surface area contributed by atoms with Gasteiger partial charge in [-0.3, -0.25) is 0 Å². The van der Waals surface area contributed by atoms with Crippen LogP contribution in [0.25, 0.3) is 0 Å². The van der Waals surface area contributed by atoms with Crippen molar-refractivity contribution in [3.63, 3.8) is 0 Å². The lowest BCUT2D eigenvalue weighted by atomic mass is 9.77. The molecular weight excluding hydrogens is 238 g/mol. The van der Waals surface area contributed by atoms with Crippen molar-refractivity contribution in [3.05, 3.63) is 47.1 Å². The molecule has 0 radical (unpaired) electrons. The van der Waals surface area contributed by atoms with Crippen LogP contribution < -0.4 is 5.73 Å². The molecule has 1 heterocycles. The molecule has 0 bridgehead atoms. The zero-order chi connectivity index (χ0) is 13.6. The van der Waals surface area contributed by atoms with Gasteiger partial charge in [0.15, 0.2) is 5.82 Å². The Balaban J connectivity index is 1.84. The number of hydrogen-bond acceptors (Lipinski definition) is 4. The molecular formula is C15H19N3O. The van der Waals surface area contributed by atoms with Crippen LogP contribution in [0.4, 0.5) is 0 Å². The minimum absolute atomic E-state index is 0.0820. The van der Waals surface area contributed by atoms with E-state index >= 15 is 0 Å². The third-order valence-electron chi connectivity index (χ3n) is 3.82. The van der Waals surface area contributed by atoms with E-state index in [1.54, 1.807) is 0 Å². The third kappa shape index (κ3) is 2.06. The highest BCUT2D eigenvalue weighted by Crippen LogP contribution is 2.39. The summed E-state index contributed by atoms with van der Waals surface area (Å²) in [5, 5.41) is 4.11. The van der Waals surface area contributed by atoms with Gasteiger partial charge in [-0.1, -0.05) is 50.2 Å². The van der Waals surface area contributed by atoms with Crippen LogP contribution in [0.15, 0.2) is 28.8 Å². The zero-order valence-electron chi connectivity index (χ0n) is 11.6. The summed E-state index contributed by atoms with van der Waals surface area (Å²) in [7, 11) is 0. The van der Waals surface area contributed by atoms with Gasteiger partial charge in [0, 0.05) is 0 Å². The Hall–Kier alpha value is -1.68. The highest BCUT2D eigenvalue weighted by atomic mass is 16.5. The van der Waals surface area contributed by atoms with Crippen LogP contribution in [-0.2, 0) is 6.42 Å². The summed E-state index contributed by atoms with van der Waals surface area (Å²) in [6.07, 6.45) is 0.986. The van der Waals surface area contributed by atoms with Crippen LogP contribution in [-0.4, -0.2) is 10.1 Å². The fourth-order valence-corrected chi connectivity index (χ4v) is 2.37. The van der Waals surface area contributed by atoms with Gasteiger partial charge in [0.05, 0.1) is 12.0 Å². The second-order valence-corrected chi connectivity index (χ2v) is 6.29. The first-order valence-corrected chi connectivity index (χ1v) is 6.63. The smallest absolute Gasteiger partial charge is 0.244 e. The maximum atomic E-state index is 6.14. The van der Waals surface area contributed by atoms with Gasteiger partial charge in [0.2, 0.25) is 5.89 Å². The molecule has 3 rings (SSSR count). The second kappa shape index (κ2) is 4.17. The molecule has 4 nitrogen and oxygen atoms in total. The summed E-state index contributed by atoms with van der Waals surface area (Å²) < 4.78 is 5.34. The lowest BCUT2D eigenvalue weighted by molar-refractivity contribution is 0.252. The molecule has 1 aromatic heterocycles. The standard InChI is InChI=1S/C15H19N3O/c1-15(2,3)12(16)14-17-13(18-19-14)11-8-9-6-4-5-7-10(9)11/h4-7,11-12H,8,16H2,1-3H3/t11?,12-/m0/s1. The number of rotatable bonds is 2. The van der Waals surface area contributed by atoms with E-state index in [0.717, 1.165) is 12.2 Å². The van der Waals surface area contributed by atoms with Crippen molar-refractivity contribution in [1.82, 2.24) is 10.1 Å². The van der Waals surface area contributed by atoms with E-state index in [1.807, 2.05) is 6.07 Å². The first-order valence-electron chi connectivity index (χ1n) is 6.63. The number of hydrogen-bond donors (Lipinski definition) is 1. The maximum Gasteiger partial charge on any atom is 0.244 e. The van der Waals surface area contributed by atoms with E-state index in [2.05, 4.69) is 49.1 Å². The van der Waals surface area contributed by atoms with Crippen LogP contribution in [0, 0.1) is 5.41 Å². The Morgan fingerprint density at radius 2 is 2.05 bits per heavy atom. The van der Waals surface area contributed by atoms with Crippen LogP contribution in [0.1, 0.15) is 55.6 Å². The molecule has 1 unspecified atom stereocenters. The summed E-state index contributed by atoms with van der Waals surface area (Å²) >= 11 is 0. The predicted octanol–water partition coefficient (Wildman–Crippen LogP) is 2.80. The van der Waals surface area contributed by atoms with Gasteiger partial charge in [-0.25, -0.2) is 0 Å². The van der Waals surface area contributed by atoms with E-state index in [4.69, 9.17) is 10.3 Å². The first-order chi connectivity index (χ1) is 8.97. The fraction of sp³-hybridized carbons (Fsp3) is 0.467. The first kappa shape index (κ1) is 12.4. The Morgan fingerprint density at radius 3 is 2.74 bits per heavy atom. The monoisotopic (exact) mass is 257 g/mol. The van der Waals surface area contributed by atoms with E-state index in [-0.39, 0.29) is 17.4 Å². The zero-order valence-corrected chi connectivity index (χ0v) is 11.6. The molecule has 2 N–H and O–H groups in total. The minimum atomic E-state index is -0.232. The maximum absolute atomic E-state index is 6.14. The third-order valence-corrected chi connectivity index (χ3v) is 3.82. The lowest BCUT2D eigenvalue weighted by Crippen LogP contribution is -2.26. The van der Waals surface area contributed by atoms with Crippen molar-refractivity contribution in [2.24, 2.45) is 11.1 Å². The molecule has 19 heavy (non-hydrogen) atoms. The van der Waals surface area contributed by atoms with E-state index in [0.29, 0.717) is 5.89 Å². The van der Waals surface area contributed by atoms with Crippen LogP contribution in [0.3, 0.4) is 0 Å². The summed E-state index contributed by atoms with van der Waals surface area (Å²) in [5.41, 5.74) is 8.74. The van der Waals surface area contributed by atoms with Gasteiger partial charge >= 0.3 is 0 Å². The average Bonchev–Trinajstić information content (AvgIpc) is 2.77. The van der Waals surface area contributed by atoms with Crippen molar-refractivity contribution in [1.29, 1.82) is 0 Å². The van der Waals surface area contributed by atoms with Crippen LogP contribution >= 0.6 is 0 Å². The van der Waals surface area contributed by atoms with Gasteiger partial charge in [0.1, 0.15) is 0 Å². The predicted molar refractivity (Wildman–Crippen MR) is 72.7 cm³/mol. The average molecular weight is 257 g/mol. The molecule has 0 saturated heterocycles. The summed E-state index contributed by atoms with van der Waals surface area (Å²) in [6, 6.07) is 8.15. The molecule has 0 spiro atoms. The van der Waals surface area contributed by atoms with Crippen molar-refractivity contribution in [3.8, 4) is 0 Å². The lowest BCUT2D eigenvalue weighted by Gasteiger charge is -2.27. The topological polar surface area (TPSA) is 64.9 Å². The fourth-order valence-electron chi connectivity index (χ4n) is 2.37. The molecule has 1 aliphatic rings. The molecule has 2 atom stereocenters. The van der Waals surface area contributed by atoms with Gasteiger partial charge < -0.3 is 10.3 Å². The Bertz CT molecular complexity index is 597. The van der Waals surface area contributed by atoms with Gasteiger partial charge in [-0.05, 0) is 23.0 Å². The van der Waals surface area contributed by atoms with E-state index in [9.17, 15) is 0 Å². The second-order valence-electron chi connectivity index (χ2n) is 6.29. The molecule has 0 saturated carbocycles. The highest BCUT2D eigenvalue weighted by Gasteiger charge is 2.33. The number of aromatic nitrogens is 2. The Labute approximate surface area is 113 Å². The van der Waals surface area contributed by atoms with Gasteiger partial charge in [0.25, 0.3) is 0 Å². The minimum Gasteiger partial charge on any atom is -0.338 e. The van der Waals surface area contributed by atoms with Gasteiger partial charge in [-0.15, -0.1) is 0 Å². The molecule has 0 fully saturated rings. The molecule has 2 aromatic rings. The summed E-state index contributed by atoms with van der Waals surface area (Å²) in [5.74, 6) is 1.56. The Kier molecular flexibility index (Phi) is 2.71. The molecule has 0 aliphatic heterocycles. The van der Waals surface area contributed by atoms with Crippen molar-refractivity contribution in [2.75, 3.05) is 0 Å².